The second-order valence-corrected chi connectivity index (χ2v) is 8.80. The number of likely N-dealkylation sites (tertiary alicyclic amines) is 1. The fraction of sp³-hybridized carbons (Fsp3) is 0.360. The molecule has 178 valence electrons. The average molecular weight is 466 g/mol. The van der Waals surface area contributed by atoms with Crippen LogP contribution in [0.1, 0.15) is 48.7 Å². The summed E-state index contributed by atoms with van der Waals surface area (Å²) in [6, 6.07) is 7.96. The van der Waals surface area contributed by atoms with Crippen LogP contribution in [-0.4, -0.2) is 63.2 Å². The zero-order chi connectivity index (χ0) is 24.4. The molecule has 0 saturated carbocycles. The number of halogens is 1. The van der Waals surface area contributed by atoms with Crippen molar-refractivity contribution in [2.24, 2.45) is 0 Å². The van der Waals surface area contributed by atoms with Crippen molar-refractivity contribution in [1.82, 2.24) is 19.5 Å². The number of carboxylic acids is 1. The molecule has 1 fully saturated rings. The van der Waals surface area contributed by atoms with E-state index in [4.69, 9.17) is 5.11 Å². The van der Waals surface area contributed by atoms with Crippen molar-refractivity contribution < 1.29 is 19.1 Å². The molecule has 2 aromatic heterocycles. The molecule has 0 spiro atoms. The van der Waals surface area contributed by atoms with Crippen LogP contribution in [0.3, 0.4) is 0 Å². The summed E-state index contributed by atoms with van der Waals surface area (Å²) in [5.74, 6) is -1.09. The fourth-order valence-electron chi connectivity index (χ4n) is 4.25. The summed E-state index contributed by atoms with van der Waals surface area (Å²) in [6.07, 6.45) is 6.46. The van der Waals surface area contributed by atoms with Crippen LogP contribution in [0.5, 0.6) is 0 Å². The molecule has 1 saturated heterocycles. The number of carbonyl (C=O) groups excluding carboxylic acids is 1. The molecule has 0 unspecified atom stereocenters. The first-order valence-electron chi connectivity index (χ1n) is 11.3. The Hall–Kier alpha value is -3.75. The van der Waals surface area contributed by atoms with E-state index >= 15 is 0 Å². The molecule has 1 amide bonds. The molecule has 1 aromatic carbocycles. The maximum absolute atomic E-state index is 14.9. The van der Waals surface area contributed by atoms with Gasteiger partial charge in [0.2, 0.25) is 0 Å². The Labute approximate surface area is 197 Å². The normalized spacial score (nSPS) is 16.7. The van der Waals surface area contributed by atoms with E-state index in [1.807, 2.05) is 23.9 Å². The monoisotopic (exact) mass is 465 g/mol. The number of hydrogen-bond acceptors (Lipinski definition) is 5. The van der Waals surface area contributed by atoms with Crippen LogP contribution in [0.2, 0.25) is 0 Å². The van der Waals surface area contributed by atoms with Gasteiger partial charge in [-0.1, -0.05) is 18.9 Å². The predicted molar refractivity (Wildman–Crippen MR) is 128 cm³/mol. The van der Waals surface area contributed by atoms with E-state index in [0.717, 1.165) is 31.8 Å². The molecule has 3 aromatic rings. The maximum Gasteiger partial charge on any atom is 0.328 e. The molecule has 3 heterocycles. The van der Waals surface area contributed by atoms with Crippen LogP contribution in [0, 0.1) is 5.82 Å². The number of carboxylic acid groups (broad SMARTS) is 1. The average Bonchev–Trinajstić information content (AvgIpc) is 3.10. The smallest absolute Gasteiger partial charge is 0.328 e. The first kappa shape index (κ1) is 23.4. The fourth-order valence-corrected chi connectivity index (χ4v) is 4.25. The van der Waals surface area contributed by atoms with Crippen molar-refractivity contribution in [2.45, 2.75) is 38.6 Å². The SMILES string of the molecule is C[C@@H]1CCCCCN1C(=O)c1cc(N(C)C)n2nc(-c3ccc(/C=C/C(=O)O)cc3F)cc2n1. The summed E-state index contributed by atoms with van der Waals surface area (Å²) < 4.78 is 16.5. The zero-order valence-corrected chi connectivity index (χ0v) is 19.5. The van der Waals surface area contributed by atoms with Crippen LogP contribution in [0.15, 0.2) is 36.4 Å². The predicted octanol–water partition coefficient (Wildman–Crippen LogP) is 4.10. The highest BCUT2D eigenvalue weighted by Crippen LogP contribution is 2.27. The minimum absolute atomic E-state index is 0.108. The maximum atomic E-state index is 14.9. The van der Waals surface area contributed by atoms with Crippen molar-refractivity contribution in [1.29, 1.82) is 0 Å². The van der Waals surface area contributed by atoms with Gasteiger partial charge >= 0.3 is 5.97 Å². The standard InChI is InChI=1S/C25H28FN5O3/c1-16-7-5-4-6-12-30(16)25(34)21-15-23(29(2)3)31-22(27-21)14-20(28-31)18-10-8-17(13-19(18)26)9-11-24(32)33/h8-11,13-16H,4-7,12H2,1-3H3,(H,32,33)/b11-9+/t16-/m1/s1. The molecule has 8 nitrogen and oxygen atoms in total. The van der Waals surface area contributed by atoms with Gasteiger partial charge in [-0.2, -0.15) is 9.61 Å². The van der Waals surface area contributed by atoms with Crippen LogP contribution in [-0.2, 0) is 4.79 Å². The molecule has 9 heteroatoms. The Bertz CT molecular complexity index is 1270. The van der Waals surface area contributed by atoms with Gasteiger partial charge in [0.25, 0.3) is 5.91 Å². The lowest BCUT2D eigenvalue weighted by molar-refractivity contribution is -0.131. The van der Waals surface area contributed by atoms with Gasteiger partial charge in [-0.3, -0.25) is 4.79 Å². The molecule has 0 bridgehead atoms. The minimum Gasteiger partial charge on any atom is -0.478 e. The highest BCUT2D eigenvalue weighted by Gasteiger charge is 2.26. The Morgan fingerprint density at radius 3 is 2.68 bits per heavy atom. The number of amides is 1. The van der Waals surface area contributed by atoms with Crippen molar-refractivity contribution in [3.05, 3.63) is 53.5 Å². The number of nitrogens with zero attached hydrogens (tertiary/aromatic N) is 5. The number of carbonyl (C=O) groups is 2. The van der Waals surface area contributed by atoms with Crippen molar-refractivity contribution in [3.8, 4) is 11.3 Å². The lowest BCUT2D eigenvalue weighted by Crippen LogP contribution is -2.38. The third kappa shape index (κ3) is 4.78. The van der Waals surface area contributed by atoms with Gasteiger partial charge in [-0.15, -0.1) is 0 Å². The molecule has 0 aliphatic carbocycles. The quantitative estimate of drug-likeness (QED) is 0.571. The van der Waals surface area contributed by atoms with Gasteiger partial charge in [-0.25, -0.2) is 14.2 Å². The van der Waals surface area contributed by atoms with E-state index in [9.17, 15) is 14.0 Å². The number of benzene rings is 1. The number of aliphatic carboxylic acids is 1. The number of rotatable bonds is 5. The van der Waals surface area contributed by atoms with Gasteiger partial charge in [0.15, 0.2) is 5.65 Å². The van der Waals surface area contributed by atoms with Crippen LogP contribution in [0.25, 0.3) is 23.0 Å². The third-order valence-electron chi connectivity index (χ3n) is 6.09. The van der Waals surface area contributed by atoms with Gasteiger partial charge in [0, 0.05) is 50.5 Å². The van der Waals surface area contributed by atoms with Gasteiger partial charge in [0.1, 0.15) is 17.3 Å². The molecule has 34 heavy (non-hydrogen) atoms. The molecule has 1 atom stereocenters. The van der Waals surface area contributed by atoms with Crippen molar-refractivity contribution in [2.75, 3.05) is 25.5 Å². The molecule has 1 aliphatic heterocycles. The second kappa shape index (κ2) is 9.62. The summed E-state index contributed by atoms with van der Waals surface area (Å²) in [4.78, 5) is 32.4. The molecule has 1 N–H and O–H groups in total. The first-order chi connectivity index (χ1) is 16.2. The van der Waals surface area contributed by atoms with E-state index in [-0.39, 0.29) is 17.5 Å². The molecular weight excluding hydrogens is 437 g/mol. The second-order valence-electron chi connectivity index (χ2n) is 8.80. The van der Waals surface area contributed by atoms with Crippen LogP contribution >= 0.6 is 0 Å². The Balaban J connectivity index is 1.74. The largest absolute Gasteiger partial charge is 0.478 e. The minimum atomic E-state index is -1.10. The van der Waals surface area contributed by atoms with E-state index in [1.165, 1.54) is 12.1 Å². The van der Waals surface area contributed by atoms with Gasteiger partial charge in [0.05, 0.1) is 5.69 Å². The van der Waals surface area contributed by atoms with E-state index < -0.39 is 11.8 Å². The summed E-state index contributed by atoms with van der Waals surface area (Å²) in [5.41, 5.74) is 1.84. The highest BCUT2D eigenvalue weighted by atomic mass is 19.1. The summed E-state index contributed by atoms with van der Waals surface area (Å²) in [7, 11) is 3.70. The summed E-state index contributed by atoms with van der Waals surface area (Å²) in [6.45, 7) is 2.78. The van der Waals surface area contributed by atoms with E-state index in [0.29, 0.717) is 35.0 Å². The Morgan fingerprint density at radius 2 is 1.97 bits per heavy atom. The summed E-state index contributed by atoms with van der Waals surface area (Å²) >= 11 is 0. The van der Waals surface area contributed by atoms with Gasteiger partial charge in [-0.05, 0) is 43.5 Å². The van der Waals surface area contributed by atoms with E-state index in [1.54, 1.807) is 28.8 Å². The highest BCUT2D eigenvalue weighted by molar-refractivity contribution is 5.94. The number of aromatic nitrogens is 3. The lowest BCUT2D eigenvalue weighted by Gasteiger charge is -2.27. The van der Waals surface area contributed by atoms with E-state index in [2.05, 4.69) is 17.0 Å². The number of fused-ring (bicyclic) bond motifs is 1. The molecule has 4 rings (SSSR count). The first-order valence-corrected chi connectivity index (χ1v) is 11.3. The van der Waals surface area contributed by atoms with Crippen molar-refractivity contribution >= 4 is 29.4 Å². The molecule has 0 radical (unpaired) electrons. The topological polar surface area (TPSA) is 91.0 Å². The third-order valence-corrected chi connectivity index (χ3v) is 6.09. The molecule has 1 aliphatic rings. The lowest BCUT2D eigenvalue weighted by atomic mass is 10.1. The van der Waals surface area contributed by atoms with Crippen LogP contribution in [0.4, 0.5) is 10.2 Å². The zero-order valence-electron chi connectivity index (χ0n) is 19.5. The summed E-state index contributed by atoms with van der Waals surface area (Å²) in [5, 5.41) is 13.3. The Kier molecular flexibility index (Phi) is 6.63. The van der Waals surface area contributed by atoms with Gasteiger partial charge < -0.3 is 14.9 Å². The van der Waals surface area contributed by atoms with Crippen molar-refractivity contribution in [3.63, 3.8) is 0 Å². The molecular formula is C25H28FN5O3. The van der Waals surface area contributed by atoms with Crippen LogP contribution < -0.4 is 4.90 Å². The number of hydrogen-bond donors (Lipinski definition) is 1. The number of anilines is 1. The Morgan fingerprint density at radius 1 is 1.18 bits per heavy atom.